The highest BCUT2D eigenvalue weighted by Crippen LogP contribution is 2.33. The Bertz CT molecular complexity index is 1090. The van der Waals surface area contributed by atoms with Crippen molar-refractivity contribution in [1.29, 1.82) is 0 Å². The molecule has 0 N–H and O–H groups in total. The van der Waals surface area contributed by atoms with Crippen molar-refractivity contribution in [3.05, 3.63) is 103 Å². The van der Waals surface area contributed by atoms with Gasteiger partial charge in [-0.1, -0.05) is 72.8 Å². The van der Waals surface area contributed by atoms with Crippen LogP contribution in [-0.4, -0.2) is 31.1 Å². The molecule has 162 valence electrons. The second-order valence-electron chi connectivity index (χ2n) is 9.16. The summed E-state index contributed by atoms with van der Waals surface area (Å²) in [5, 5.41) is 0. The molecule has 0 unspecified atom stereocenters. The van der Waals surface area contributed by atoms with Gasteiger partial charge >= 0.3 is 0 Å². The molecular formula is C30H31NO. The van der Waals surface area contributed by atoms with Gasteiger partial charge in [0.05, 0.1) is 0 Å². The van der Waals surface area contributed by atoms with Gasteiger partial charge in [-0.2, -0.15) is 0 Å². The molecule has 4 rings (SSSR count). The molecule has 4 aromatic carbocycles. The Kier molecular flexibility index (Phi) is 6.43. The van der Waals surface area contributed by atoms with Gasteiger partial charge in [0, 0.05) is 6.54 Å². The normalized spacial score (nSPS) is 11.5. The Labute approximate surface area is 192 Å². The summed E-state index contributed by atoms with van der Waals surface area (Å²) in [7, 11) is 4.14. The van der Waals surface area contributed by atoms with Crippen LogP contribution >= 0.6 is 0 Å². The van der Waals surface area contributed by atoms with Crippen molar-refractivity contribution in [3.8, 4) is 39.1 Å². The van der Waals surface area contributed by atoms with E-state index in [1.165, 1.54) is 33.4 Å². The highest BCUT2D eigenvalue weighted by atomic mass is 16.5. The van der Waals surface area contributed by atoms with Crippen LogP contribution in [0.15, 0.2) is 103 Å². The van der Waals surface area contributed by atoms with Crippen LogP contribution in [0.3, 0.4) is 0 Å². The molecule has 4 aromatic rings. The molecule has 0 radical (unpaired) electrons. The molecule has 0 amide bonds. The maximum absolute atomic E-state index is 6.25. The van der Waals surface area contributed by atoms with Crippen molar-refractivity contribution in [2.45, 2.75) is 19.4 Å². The van der Waals surface area contributed by atoms with Crippen LogP contribution in [0.5, 0.6) is 5.75 Å². The van der Waals surface area contributed by atoms with Crippen LogP contribution in [0.4, 0.5) is 0 Å². The van der Waals surface area contributed by atoms with E-state index in [4.69, 9.17) is 4.74 Å². The van der Waals surface area contributed by atoms with Crippen LogP contribution < -0.4 is 4.74 Å². The summed E-state index contributed by atoms with van der Waals surface area (Å²) in [6.07, 6.45) is 0. The van der Waals surface area contributed by atoms with E-state index in [9.17, 15) is 0 Å². The average Bonchev–Trinajstić information content (AvgIpc) is 2.79. The van der Waals surface area contributed by atoms with Crippen LogP contribution in [0.1, 0.15) is 13.8 Å². The maximum atomic E-state index is 6.25. The molecule has 2 heteroatoms. The first-order valence-electron chi connectivity index (χ1n) is 11.1. The van der Waals surface area contributed by atoms with E-state index in [0.29, 0.717) is 0 Å². The first-order valence-corrected chi connectivity index (χ1v) is 11.1. The molecule has 0 heterocycles. The Hall–Kier alpha value is -3.36. The van der Waals surface area contributed by atoms with Crippen molar-refractivity contribution < 1.29 is 4.74 Å². The third-order valence-corrected chi connectivity index (χ3v) is 5.43. The molecule has 0 saturated heterocycles. The first kappa shape index (κ1) is 21.9. The Morgan fingerprint density at radius 3 is 1.38 bits per heavy atom. The lowest BCUT2D eigenvalue weighted by molar-refractivity contribution is 0.0775. The van der Waals surface area contributed by atoms with Crippen molar-refractivity contribution >= 4 is 0 Å². The van der Waals surface area contributed by atoms with Crippen LogP contribution in [0, 0.1) is 0 Å². The SMILES string of the molecule is CN(C)CC(C)(C)Oc1ccc(-c2cc(-c3ccccc3)cc(-c3ccccc3)c2)cc1. The van der Waals surface area contributed by atoms with E-state index >= 15 is 0 Å². The average molecular weight is 422 g/mol. The Balaban J connectivity index is 1.70. The van der Waals surface area contributed by atoms with Gasteiger partial charge in [0.2, 0.25) is 0 Å². The molecule has 32 heavy (non-hydrogen) atoms. The Morgan fingerprint density at radius 1 is 0.562 bits per heavy atom. The zero-order chi connectivity index (χ0) is 22.6. The molecular weight excluding hydrogens is 390 g/mol. The minimum Gasteiger partial charge on any atom is -0.487 e. The molecule has 0 spiro atoms. The smallest absolute Gasteiger partial charge is 0.120 e. The molecule has 0 saturated carbocycles. The van der Waals surface area contributed by atoms with Gasteiger partial charge in [-0.3, -0.25) is 0 Å². The summed E-state index contributed by atoms with van der Waals surface area (Å²) < 4.78 is 6.25. The minimum absolute atomic E-state index is 0.251. The van der Waals surface area contributed by atoms with Crippen molar-refractivity contribution in [1.82, 2.24) is 4.90 Å². The van der Waals surface area contributed by atoms with Gasteiger partial charge in [-0.25, -0.2) is 0 Å². The van der Waals surface area contributed by atoms with Gasteiger partial charge < -0.3 is 9.64 Å². The summed E-state index contributed by atoms with van der Waals surface area (Å²) >= 11 is 0. The van der Waals surface area contributed by atoms with Crippen LogP contribution in [-0.2, 0) is 0 Å². The molecule has 0 aliphatic carbocycles. The molecule has 0 aliphatic rings. The number of benzene rings is 4. The summed E-state index contributed by atoms with van der Waals surface area (Å²) in [6, 6.07) is 36.4. The molecule has 0 fully saturated rings. The zero-order valence-corrected chi connectivity index (χ0v) is 19.4. The number of likely N-dealkylation sites (N-methyl/N-ethyl adjacent to an activating group) is 1. The molecule has 0 bridgehead atoms. The predicted octanol–water partition coefficient (Wildman–Crippen LogP) is 7.41. The summed E-state index contributed by atoms with van der Waals surface area (Å²) in [6.45, 7) is 5.10. The zero-order valence-electron chi connectivity index (χ0n) is 19.4. The van der Waals surface area contributed by atoms with E-state index in [1.807, 2.05) is 0 Å². The topological polar surface area (TPSA) is 12.5 Å². The Morgan fingerprint density at radius 2 is 0.969 bits per heavy atom. The standard InChI is InChI=1S/C30H31NO/c1-30(2,22-31(3)4)32-29-17-15-25(16-18-29)28-20-26(23-11-7-5-8-12-23)19-27(21-28)24-13-9-6-10-14-24/h5-21H,22H2,1-4H3. The van der Waals surface area contributed by atoms with Crippen molar-refractivity contribution in [3.63, 3.8) is 0 Å². The highest BCUT2D eigenvalue weighted by molar-refractivity contribution is 5.81. The molecule has 0 aliphatic heterocycles. The molecule has 0 aromatic heterocycles. The van der Waals surface area contributed by atoms with Gasteiger partial charge in [-0.15, -0.1) is 0 Å². The molecule has 2 nitrogen and oxygen atoms in total. The van der Waals surface area contributed by atoms with Crippen LogP contribution in [0.2, 0.25) is 0 Å². The quantitative estimate of drug-likeness (QED) is 0.308. The fourth-order valence-corrected chi connectivity index (χ4v) is 4.22. The van der Waals surface area contributed by atoms with E-state index in [1.54, 1.807) is 0 Å². The number of hydrogen-bond donors (Lipinski definition) is 0. The highest BCUT2D eigenvalue weighted by Gasteiger charge is 2.20. The van der Waals surface area contributed by atoms with Gasteiger partial charge in [0.1, 0.15) is 11.4 Å². The lowest BCUT2D eigenvalue weighted by Crippen LogP contribution is -2.39. The van der Waals surface area contributed by atoms with E-state index in [2.05, 4.69) is 136 Å². The first-order chi connectivity index (χ1) is 15.4. The predicted molar refractivity (Wildman–Crippen MR) is 136 cm³/mol. The maximum Gasteiger partial charge on any atom is 0.120 e. The van der Waals surface area contributed by atoms with Gasteiger partial charge in [0.25, 0.3) is 0 Å². The summed E-state index contributed by atoms with van der Waals surface area (Å²) in [4.78, 5) is 2.15. The van der Waals surface area contributed by atoms with E-state index < -0.39 is 0 Å². The fourth-order valence-electron chi connectivity index (χ4n) is 4.22. The van der Waals surface area contributed by atoms with Crippen molar-refractivity contribution in [2.24, 2.45) is 0 Å². The van der Waals surface area contributed by atoms with E-state index in [-0.39, 0.29) is 5.60 Å². The van der Waals surface area contributed by atoms with E-state index in [0.717, 1.165) is 12.3 Å². The van der Waals surface area contributed by atoms with Crippen molar-refractivity contribution in [2.75, 3.05) is 20.6 Å². The fraction of sp³-hybridized carbons (Fsp3) is 0.200. The minimum atomic E-state index is -0.251. The summed E-state index contributed by atoms with van der Waals surface area (Å²) in [5.41, 5.74) is 7.00. The molecule has 0 atom stereocenters. The lowest BCUT2D eigenvalue weighted by Gasteiger charge is -2.29. The third kappa shape index (κ3) is 5.46. The number of hydrogen-bond acceptors (Lipinski definition) is 2. The number of ether oxygens (including phenoxy) is 1. The number of rotatable bonds is 7. The second kappa shape index (κ2) is 9.42. The van der Waals surface area contributed by atoms with Gasteiger partial charge in [0.15, 0.2) is 0 Å². The lowest BCUT2D eigenvalue weighted by atomic mass is 9.93. The third-order valence-electron chi connectivity index (χ3n) is 5.43. The van der Waals surface area contributed by atoms with Gasteiger partial charge in [-0.05, 0) is 91.7 Å². The largest absolute Gasteiger partial charge is 0.487 e. The van der Waals surface area contributed by atoms with Crippen LogP contribution in [0.25, 0.3) is 33.4 Å². The summed E-state index contributed by atoms with van der Waals surface area (Å²) in [5.74, 6) is 0.892. The monoisotopic (exact) mass is 421 g/mol. The number of nitrogens with zero attached hydrogens (tertiary/aromatic N) is 1. The second-order valence-corrected chi connectivity index (χ2v) is 9.16.